The number of piperidine rings is 1. The van der Waals surface area contributed by atoms with E-state index >= 15 is 0 Å². The fourth-order valence-corrected chi connectivity index (χ4v) is 6.29. The van der Waals surface area contributed by atoms with E-state index in [9.17, 15) is 19.6 Å². The molecule has 1 aromatic heterocycles. The smallest absolute Gasteiger partial charge is 0.319 e. The zero-order valence-corrected chi connectivity index (χ0v) is 18.1. The molecule has 0 bridgehead atoms. The van der Waals surface area contributed by atoms with E-state index in [1.807, 2.05) is 24.3 Å². The summed E-state index contributed by atoms with van der Waals surface area (Å²) >= 11 is 0. The van der Waals surface area contributed by atoms with E-state index in [0.29, 0.717) is 36.3 Å². The molecule has 2 aromatic carbocycles. The lowest BCUT2D eigenvalue weighted by molar-refractivity contribution is 0.0806. The first-order chi connectivity index (χ1) is 16.4. The molecule has 2 unspecified atom stereocenters. The first-order valence-corrected chi connectivity index (χ1v) is 11.3. The second-order valence-corrected chi connectivity index (χ2v) is 9.50. The summed E-state index contributed by atoms with van der Waals surface area (Å²) < 4.78 is 0. The zero-order chi connectivity index (χ0) is 23.4. The van der Waals surface area contributed by atoms with Crippen LogP contribution in [-0.2, 0) is 11.8 Å². The topological polar surface area (TPSA) is 123 Å². The number of carbonyl (C=O) groups is 3. The normalized spacial score (nSPS) is 23.7. The van der Waals surface area contributed by atoms with Crippen LogP contribution in [-0.4, -0.2) is 40.7 Å². The summed E-state index contributed by atoms with van der Waals surface area (Å²) in [6, 6.07) is 12.4. The van der Waals surface area contributed by atoms with Gasteiger partial charge in [-0.15, -0.1) is 0 Å². The van der Waals surface area contributed by atoms with E-state index < -0.39 is 6.03 Å². The van der Waals surface area contributed by atoms with E-state index in [0.717, 1.165) is 39.8 Å². The number of rotatable bonds is 1. The number of urea groups is 1. The third-order valence-electron chi connectivity index (χ3n) is 7.93. The number of H-pyrrole nitrogens is 1. The molecule has 3 heterocycles. The molecule has 0 radical (unpaired) electrons. The maximum Gasteiger partial charge on any atom is 0.319 e. The molecule has 3 aromatic rings. The number of aromatic amines is 1. The van der Waals surface area contributed by atoms with E-state index in [4.69, 9.17) is 5.73 Å². The minimum Gasteiger partial charge on any atom is -0.351 e. The molecule has 1 saturated carbocycles. The van der Waals surface area contributed by atoms with Crippen molar-refractivity contribution >= 4 is 34.3 Å². The van der Waals surface area contributed by atoms with Gasteiger partial charge in [-0.2, -0.15) is 5.26 Å². The molecular formula is C26H19N5O3. The standard InChI is InChI=1S/C26H19N5O3/c27-11-13-1-2-16-18(7-13)26-10-14(26)12-31(23(26)9-22(16)32)24(33)20-8-17-15-5-6-30(25(28)34)21(15)4-3-19(17)29-20/h1-4,7-9,14,29H,5-6,10,12H2,(H2,28,34). The van der Waals surface area contributed by atoms with Gasteiger partial charge >= 0.3 is 6.03 Å². The van der Waals surface area contributed by atoms with Crippen LogP contribution in [0, 0.1) is 17.2 Å². The van der Waals surface area contributed by atoms with Gasteiger partial charge in [0.15, 0.2) is 5.78 Å². The molecule has 2 fully saturated rings. The van der Waals surface area contributed by atoms with Gasteiger partial charge in [0.2, 0.25) is 0 Å². The molecular weight excluding hydrogens is 430 g/mol. The second-order valence-electron chi connectivity index (χ2n) is 9.50. The Bertz CT molecular complexity index is 1570. The van der Waals surface area contributed by atoms with Crippen LogP contribution >= 0.6 is 0 Å². The summed E-state index contributed by atoms with van der Waals surface area (Å²) in [5.74, 6) is -0.0760. The molecule has 1 spiro atoms. The van der Waals surface area contributed by atoms with Crippen molar-refractivity contribution in [3.05, 3.63) is 76.1 Å². The van der Waals surface area contributed by atoms with Crippen LogP contribution in [0.15, 0.2) is 48.2 Å². The molecule has 34 heavy (non-hydrogen) atoms. The predicted molar refractivity (Wildman–Crippen MR) is 123 cm³/mol. The number of amides is 3. The van der Waals surface area contributed by atoms with Gasteiger partial charge in [-0.1, -0.05) is 0 Å². The van der Waals surface area contributed by atoms with Gasteiger partial charge in [-0.25, -0.2) is 4.79 Å². The van der Waals surface area contributed by atoms with Gasteiger partial charge in [0.25, 0.3) is 5.91 Å². The number of nitrogens with zero attached hydrogens (tertiary/aromatic N) is 3. The monoisotopic (exact) mass is 449 g/mol. The van der Waals surface area contributed by atoms with Crippen molar-refractivity contribution in [3.63, 3.8) is 0 Å². The van der Waals surface area contributed by atoms with Gasteiger partial charge in [0.05, 0.1) is 11.6 Å². The molecule has 2 atom stereocenters. The number of ketones is 1. The highest BCUT2D eigenvalue weighted by molar-refractivity contribution is 6.10. The summed E-state index contributed by atoms with van der Waals surface area (Å²) in [6.07, 6.45) is 3.15. The first-order valence-electron chi connectivity index (χ1n) is 11.3. The van der Waals surface area contributed by atoms with Crippen molar-refractivity contribution in [2.24, 2.45) is 11.7 Å². The number of hydrogen-bond donors (Lipinski definition) is 2. The highest BCUT2D eigenvalue weighted by atomic mass is 16.2. The Morgan fingerprint density at radius 2 is 2.03 bits per heavy atom. The Hall–Kier alpha value is -4.38. The number of carbonyl (C=O) groups excluding carboxylic acids is 3. The SMILES string of the molecule is N#Cc1ccc2c(c1)C13CC1CN(C(=O)c1cc4c5c(ccc4[nH]1)N(C(N)=O)CC5)C3=CC2=O. The number of fused-ring (bicyclic) bond motifs is 4. The molecule has 2 aliphatic carbocycles. The molecule has 1 saturated heterocycles. The van der Waals surface area contributed by atoms with Crippen LogP contribution in [0.3, 0.4) is 0 Å². The molecule has 4 aliphatic rings. The molecule has 8 nitrogen and oxygen atoms in total. The summed E-state index contributed by atoms with van der Waals surface area (Å²) in [4.78, 5) is 44.8. The van der Waals surface area contributed by atoms with Crippen molar-refractivity contribution in [2.75, 3.05) is 18.0 Å². The molecule has 7 rings (SSSR count). The average Bonchev–Trinajstić information content (AvgIpc) is 3.16. The summed E-state index contributed by atoms with van der Waals surface area (Å²) in [5, 5.41) is 10.3. The highest BCUT2D eigenvalue weighted by Gasteiger charge is 2.67. The number of nitrogens with one attached hydrogen (secondary N) is 1. The fourth-order valence-electron chi connectivity index (χ4n) is 6.29. The maximum atomic E-state index is 13.7. The van der Waals surface area contributed by atoms with E-state index in [1.165, 1.54) is 0 Å². The summed E-state index contributed by atoms with van der Waals surface area (Å²) in [5.41, 5.74) is 10.9. The van der Waals surface area contributed by atoms with E-state index in [-0.39, 0.29) is 23.0 Å². The number of aromatic nitrogens is 1. The Morgan fingerprint density at radius 1 is 1.18 bits per heavy atom. The van der Waals surface area contributed by atoms with Crippen LogP contribution in [0.25, 0.3) is 10.9 Å². The number of likely N-dealkylation sites (tertiary alicyclic amines) is 1. The maximum absolute atomic E-state index is 13.7. The number of nitrogens with two attached hydrogens (primary N) is 1. The number of anilines is 1. The van der Waals surface area contributed by atoms with Crippen LogP contribution in [0.2, 0.25) is 0 Å². The van der Waals surface area contributed by atoms with Crippen LogP contribution in [0.1, 0.15) is 44.0 Å². The highest BCUT2D eigenvalue weighted by Crippen LogP contribution is 2.66. The molecule has 166 valence electrons. The molecule has 8 heteroatoms. The summed E-state index contributed by atoms with van der Waals surface area (Å²) in [6.45, 7) is 1.06. The van der Waals surface area contributed by atoms with Crippen LogP contribution < -0.4 is 10.6 Å². The number of benzene rings is 2. The third-order valence-corrected chi connectivity index (χ3v) is 7.93. The minimum absolute atomic E-state index is 0.133. The van der Waals surface area contributed by atoms with Gasteiger partial charge in [-0.05, 0) is 66.3 Å². The van der Waals surface area contributed by atoms with Gasteiger partial charge in [-0.3, -0.25) is 14.5 Å². The van der Waals surface area contributed by atoms with Gasteiger partial charge in [0.1, 0.15) is 5.69 Å². The minimum atomic E-state index is -0.486. The van der Waals surface area contributed by atoms with Crippen LogP contribution in [0.5, 0.6) is 0 Å². The van der Waals surface area contributed by atoms with Crippen molar-refractivity contribution in [1.82, 2.24) is 9.88 Å². The second kappa shape index (κ2) is 6.14. The molecule has 3 amide bonds. The average molecular weight is 449 g/mol. The Kier molecular flexibility index (Phi) is 3.45. The van der Waals surface area contributed by atoms with Crippen molar-refractivity contribution < 1.29 is 14.4 Å². The predicted octanol–water partition coefficient (Wildman–Crippen LogP) is 2.97. The number of nitriles is 1. The number of primary amides is 1. The molecule has 3 N–H and O–H groups in total. The van der Waals surface area contributed by atoms with Crippen molar-refractivity contribution in [1.29, 1.82) is 5.26 Å². The lowest BCUT2D eigenvalue weighted by Gasteiger charge is -2.29. The van der Waals surface area contributed by atoms with Gasteiger partial charge in [0, 0.05) is 52.4 Å². The van der Waals surface area contributed by atoms with Crippen molar-refractivity contribution in [2.45, 2.75) is 18.3 Å². The molecule has 2 aliphatic heterocycles. The van der Waals surface area contributed by atoms with Crippen molar-refractivity contribution in [3.8, 4) is 6.07 Å². The lowest BCUT2D eigenvalue weighted by Crippen LogP contribution is -2.34. The van der Waals surface area contributed by atoms with Crippen LogP contribution in [0.4, 0.5) is 10.5 Å². The Balaban J connectivity index is 1.28. The zero-order valence-electron chi connectivity index (χ0n) is 18.1. The largest absolute Gasteiger partial charge is 0.351 e. The number of allylic oxidation sites excluding steroid dienone is 2. The first kappa shape index (κ1) is 19.1. The Morgan fingerprint density at radius 3 is 2.82 bits per heavy atom. The van der Waals surface area contributed by atoms with E-state index in [2.05, 4.69) is 11.1 Å². The van der Waals surface area contributed by atoms with E-state index in [1.54, 1.807) is 28.0 Å². The Labute approximate surface area is 194 Å². The fraction of sp³-hybridized carbons (Fsp3) is 0.231. The lowest BCUT2D eigenvalue weighted by atomic mass is 9.80. The third kappa shape index (κ3) is 2.23. The van der Waals surface area contributed by atoms with Gasteiger partial charge < -0.3 is 15.6 Å². The quantitative estimate of drug-likeness (QED) is 0.593. The summed E-state index contributed by atoms with van der Waals surface area (Å²) in [7, 11) is 0. The number of hydrogen-bond acceptors (Lipinski definition) is 4.